The molecular formula is C22H32N4O2S. The van der Waals surface area contributed by atoms with Crippen molar-refractivity contribution in [2.45, 2.75) is 71.8 Å². The average Bonchev–Trinajstić information content (AvgIpc) is 3.12. The quantitative estimate of drug-likeness (QED) is 0.722. The molecule has 0 spiro atoms. The van der Waals surface area contributed by atoms with Crippen LogP contribution >= 0.6 is 11.3 Å². The minimum atomic E-state index is 0.132. The number of thiophene rings is 1. The lowest BCUT2D eigenvalue weighted by Gasteiger charge is -2.36. The van der Waals surface area contributed by atoms with Crippen molar-refractivity contribution in [2.24, 2.45) is 0 Å². The number of carbonyl (C=O) groups excluding carboxylic acids is 1. The van der Waals surface area contributed by atoms with Crippen LogP contribution in [0.3, 0.4) is 0 Å². The summed E-state index contributed by atoms with van der Waals surface area (Å²) in [6, 6.07) is 0. The van der Waals surface area contributed by atoms with Gasteiger partial charge in [0.15, 0.2) is 0 Å². The van der Waals surface area contributed by atoms with Crippen LogP contribution in [0.2, 0.25) is 0 Å². The Balaban J connectivity index is 1.63. The summed E-state index contributed by atoms with van der Waals surface area (Å²) >= 11 is 1.72. The third-order valence-corrected chi connectivity index (χ3v) is 7.35. The van der Waals surface area contributed by atoms with Gasteiger partial charge >= 0.3 is 0 Å². The minimum absolute atomic E-state index is 0.132. The van der Waals surface area contributed by atoms with Gasteiger partial charge in [0.1, 0.15) is 4.83 Å². The molecule has 2 aromatic heterocycles. The smallest absolute Gasteiger partial charge is 0.263 e. The van der Waals surface area contributed by atoms with Gasteiger partial charge < -0.3 is 9.80 Å². The number of hydrogen-bond donors (Lipinski definition) is 0. The molecule has 2 aromatic rings. The third kappa shape index (κ3) is 3.93. The second kappa shape index (κ2) is 8.86. The number of rotatable bonds is 6. The van der Waals surface area contributed by atoms with Gasteiger partial charge in [-0.3, -0.25) is 14.2 Å². The Labute approximate surface area is 176 Å². The first-order valence-electron chi connectivity index (χ1n) is 11.2. The van der Waals surface area contributed by atoms with Gasteiger partial charge in [-0.15, -0.1) is 11.3 Å². The van der Waals surface area contributed by atoms with E-state index in [0.717, 1.165) is 61.4 Å². The molecule has 1 aliphatic carbocycles. The molecule has 0 aromatic carbocycles. The van der Waals surface area contributed by atoms with E-state index in [4.69, 9.17) is 4.98 Å². The van der Waals surface area contributed by atoms with Gasteiger partial charge in [-0.1, -0.05) is 20.3 Å². The summed E-state index contributed by atoms with van der Waals surface area (Å²) in [5, 5.41) is 0.871. The molecule has 1 saturated heterocycles. The normalized spacial score (nSPS) is 17.0. The molecule has 0 N–H and O–H groups in total. The third-order valence-electron chi connectivity index (χ3n) is 6.16. The summed E-state index contributed by atoms with van der Waals surface area (Å²) in [5.41, 5.74) is 1.39. The zero-order valence-corrected chi connectivity index (χ0v) is 18.5. The number of unbranched alkanes of at least 4 members (excludes halogenated alkanes) is 1. The van der Waals surface area contributed by atoms with Crippen LogP contribution in [0.4, 0.5) is 5.95 Å². The fourth-order valence-electron chi connectivity index (χ4n) is 4.54. The van der Waals surface area contributed by atoms with Gasteiger partial charge in [-0.25, -0.2) is 4.98 Å². The van der Waals surface area contributed by atoms with Gasteiger partial charge in [0, 0.05) is 44.0 Å². The monoisotopic (exact) mass is 416 g/mol. The van der Waals surface area contributed by atoms with Crippen molar-refractivity contribution in [3.05, 3.63) is 20.8 Å². The lowest BCUT2D eigenvalue weighted by molar-refractivity contribution is -0.131. The molecule has 4 rings (SSSR count). The second-order valence-electron chi connectivity index (χ2n) is 8.23. The summed E-state index contributed by atoms with van der Waals surface area (Å²) in [4.78, 5) is 37.2. The number of piperazine rings is 1. The molecule has 3 heterocycles. The summed E-state index contributed by atoms with van der Waals surface area (Å²) in [5.74, 6) is 1.05. The Hall–Kier alpha value is -1.89. The molecule has 2 aliphatic rings. The first-order valence-corrected chi connectivity index (χ1v) is 12.0. The number of carbonyl (C=O) groups is 1. The van der Waals surface area contributed by atoms with Gasteiger partial charge in [-0.05, 0) is 44.1 Å². The van der Waals surface area contributed by atoms with E-state index < -0.39 is 0 Å². The molecule has 1 aliphatic heterocycles. The van der Waals surface area contributed by atoms with Crippen LogP contribution in [-0.2, 0) is 24.2 Å². The topological polar surface area (TPSA) is 58.4 Å². The van der Waals surface area contributed by atoms with E-state index in [9.17, 15) is 9.59 Å². The summed E-state index contributed by atoms with van der Waals surface area (Å²) in [6.07, 6.45) is 8.02. The number of hydrogen-bond acceptors (Lipinski definition) is 5. The molecule has 0 atom stereocenters. The molecule has 1 fully saturated rings. The number of nitrogens with zero attached hydrogens (tertiary/aromatic N) is 4. The average molecular weight is 417 g/mol. The molecule has 6 nitrogen and oxygen atoms in total. The van der Waals surface area contributed by atoms with Crippen molar-refractivity contribution in [1.29, 1.82) is 0 Å². The van der Waals surface area contributed by atoms with Gasteiger partial charge in [0.05, 0.1) is 5.39 Å². The van der Waals surface area contributed by atoms with E-state index >= 15 is 0 Å². The summed E-state index contributed by atoms with van der Waals surface area (Å²) in [7, 11) is 0. The van der Waals surface area contributed by atoms with E-state index in [0.29, 0.717) is 26.1 Å². The van der Waals surface area contributed by atoms with Crippen LogP contribution in [0.5, 0.6) is 0 Å². The van der Waals surface area contributed by atoms with Crippen LogP contribution in [0.15, 0.2) is 4.79 Å². The summed E-state index contributed by atoms with van der Waals surface area (Å²) < 4.78 is 1.89. The lowest BCUT2D eigenvalue weighted by Crippen LogP contribution is -2.50. The van der Waals surface area contributed by atoms with Crippen molar-refractivity contribution < 1.29 is 4.79 Å². The zero-order chi connectivity index (χ0) is 20.4. The Morgan fingerprint density at radius 1 is 1.07 bits per heavy atom. The minimum Gasteiger partial charge on any atom is -0.339 e. The molecular weight excluding hydrogens is 384 g/mol. The maximum Gasteiger partial charge on any atom is 0.263 e. The van der Waals surface area contributed by atoms with Crippen molar-refractivity contribution in [3.8, 4) is 0 Å². The number of anilines is 1. The van der Waals surface area contributed by atoms with Crippen molar-refractivity contribution in [1.82, 2.24) is 14.5 Å². The van der Waals surface area contributed by atoms with E-state index in [1.165, 1.54) is 23.3 Å². The van der Waals surface area contributed by atoms with Gasteiger partial charge in [-0.2, -0.15) is 0 Å². The Bertz CT molecular complexity index is 940. The highest BCUT2D eigenvalue weighted by atomic mass is 32.1. The largest absolute Gasteiger partial charge is 0.339 e. The molecule has 29 heavy (non-hydrogen) atoms. The van der Waals surface area contributed by atoms with E-state index in [1.807, 2.05) is 9.47 Å². The van der Waals surface area contributed by atoms with Crippen LogP contribution in [0.1, 0.15) is 62.8 Å². The summed E-state index contributed by atoms with van der Waals surface area (Å²) in [6.45, 7) is 7.82. The molecule has 0 radical (unpaired) electrons. The van der Waals surface area contributed by atoms with E-state index in [2.05, 4.69) is 18.7 Å². The highest BCUT2D eigenvalue weighted by Crippen LogP contribution is 2.34. The first kappa shape index (κ1) is 20.4. The fourth-order valence-corrected chi connectivity index (χ4v) is 5.78. The van der Waals surface area contributed by atoms with Crippen molar-refractivity contribution in [3.63, 3.8) is 0 Å². The lowest BCUT2D eigenvalue weighted by atomic mass is 9.97. The van der Waals surface area contributed by atoms with Gasteiger partial charge in [0.25, 0.3) is 5.56 Å². The SMILES string of the molecule is CCCCC(=O)N1CCN(c2nc3sc4c(c3c(=O)n2CCC)CCCC4)CC1. The Kier molecular flexibility index (Phi) is 6.23. The van der Waals surface area contributed by atoms with Crippen molar-refractivity contribution >= 4 is 33.4 Å². The Morgan fingerprint density at radius 3 is 2.55 bits per heavy atom. The number of amides is 1. The first-order chi connectivity index (χ1) is 14.1. The van der Waals surface area contributed by atoms with Crippen LogP contribution in [-0.4, -0.2) is 46.5 Å². The molecule has 0 saturated carbocycles. The van der Waals surface area contributed by atoms with Crippen LogP contribution in [0, 0.1) is 0 Å². The van der Waals surface area contributed by atoms with E-state index in [1.54, 1.807) is 11.3 Å². The number of aryl methyl sites for hydroxylation is 2. The molecule has 158 valence electrons. The van der Waals surface area contributed by atoms with Crippen LogP contribution in [0.25, 0.3) is 10.2 Å². The maximum absolute atomic E-state index is 13.4. The number of aromatic nitrogens is 2. The Morgan fingerprint density at radius 2 is 1.83 bits per heavy atom. The van der Waals surface area contributed by atoms with Crippen LogP contribution < -0.4 is 10.5 Å². The zero-order valence-electron chi connectivity index (χ0n) is 17.7. The standard InChI is InChI=1S/C22H32N4O2S/c1-3-5-10-18(27)24-12-14-25(15-13-24)22-23-20-19(21(28)26(22)11-4-2)16-8-6-7-9-17(16)29-20/h3-15H2,1-2H3. The second-order valence-corrected chi connectivity index (χ2v) is 9.31. The predicted octanol–water partition coefficient (Wildman–Crippen LogP) is 3.59. The predicted molar refractivity (Wildman–Crippen MR) is 119 cm³/mol. The maximum atomic E-state index is 13.4. The fraction of sp³-hybridized carbons (Fsp3) is 0.682. The number of fused-ring (bicyclic) bond motifs is 3. The molecule has 0 bridgehead atoms. The highest BCUT2D eigenvalue weighted by Gasteiger charge is 2.27. The molecule has 1 amide bonds. The van der Waals surface area contributed by atoms with Gasteiger partial charge in [0.2, 0.25) is 11.9 Å². The molecule has 0 unspecified atom stereocenters. The highest BCUT2D eigenvalue weighted by molar-refractivity contribution is 7.18. The van der Waals surface area contributed by atoms with Crippen molar-refractivity contribution in [2.75, 3.05) is 31.1 Å². The van der Waals surface area contributed by atoms with E-state index in [-0.39, 0.29) is 11.5 Å². The molecule has 7 heteroatoms.